The molecule has 1 fully saturated rings. The number of hydrogen-bond donors (Lipinski definition) is 2. The minimum Gasteiger partial charge on any atom is -0.490 e. The lowest BCUT2D eigenvalue weighted by molar-refractivity contribution is -0.135. The molecule has 1 atom stereocenters. The quantitative estimate of drug-likeness (QED) is 0.186. The van der Waals surface area contributed by atoms with Crippen LogP contribution in [0.4, 0.5) is 22.4 Å². The van der Waals surface area contributed by atoms with E-state index in [0.29, 0.717) is 45.2 Å². The van der Waals surface area contributed by atoms with E-state index in [2.05, 4.69) is 15.0 Å². The van der Waals surface area contributed by atoms with Gasteiger partial charge in [0, 0.05) is 43.2 Å². The Bertz CT molecular complexity index is 1530. The molecule has 2 aromatic carbocycles. The Morgan fingerprint density at radius 2 is 1.83 bits per heavy atom. The van der Waals surface area contributed by atoms with Crippen LogP contribution in [0.15, 0.2) is 40.8 Å². The Kier molecular flexibility index (Phi) is 11.8. The van der Waals surface area contributed by atoms with Crippen LogP contribution >= 0.6 is 0 Å². The molecular formula is C30H32F4N4O8. The smallest absolute Gasteiger partial charge is 0.405 e. The topological polar surface area (TPSA) is 155 Å². The number of oxazole rings is 1. The van der Waals surface area contributed by atoms with Crippen molar-refractivity contribution in [2.75, 3.05) is 32.9 Å². The lowest BCUT2D eigenvalue weighted by atomic mass is 10.2. The van der Waals surface area contributed by atoms with Crippen LogP contribution in [-0.2, 0) is 20.8 Å². The summed E-state index contributed by atoms with van der Waals surface area (Å²) in [4.78, 5) is 42.8. The molecule has 0 bridgehead atoms. The first kappa shape index (κ1) is 34.0. The molecule has 46 heavy (non-hydrogen) atoms. The van der Waals surface area contributed by atoms with E-state index >= 15 is 0 Å². The molecule has 1 saturated heterocycles. The second kappa shape index (κ2) is 15.9. The van der Waals surface area contributed by atoms with Gasteiger partial charge in [-0.25, -0.2) is 18.6 Å². The van der Waals surface area contributed by atoms with Crippen LogP contribution in [0.25, 0.3) is 11.5 Å². The number of nitrogens with two attached hydrogens (primary N) is 1. The van der Waals surface area contributed by atoms with E-state index in [-0.39, 0.29) is 65.5 Å². The number of hydrogen-bond acceptors (Lipinski definition) is 9. The normalized spacial score (nSPS) is 13.7. The molecule has 1 aliphatic rings. The number of primary amides is 1. The van der Waals surface area contributed by atoms with E-state index in [0.717, 1.165) is 12.1 Å². The summed E-state index contributed by atoms with van der Waals surface area (Å²) in [6.07, 6.45) is -1.16. The fraction of sp³-hybridized carbons (Fsp3) is 0.400. The van der Waals surface area contributed by atoms with Crippen LogP contribution in [0, 0.1) is 11.6 Å². The van der Waals surface area contributed by atoms with Crippen molar-refractivity contribution in [1.29, 1.82) is 0 Å². The molecule has 0 radical (unpaired) electrons. The van der Waals surface area contributed by atoms with Gasteiger partial charge in [0.15, 0.2) is 29.1 Å². The second-order valence-corrected chi connectivity index (χ2v) is 10.1. The van der Waals surface area contributed by atoms with Gasteiger partial charge in [0.1, 0.15) is 11.6 Å². The SMILES string of the molecule is CC(OC(N)=O)c1oc(-c2ccc(OC(F)F)c(OCCCCC(=O)N3CCOCC3)c2)nc1C(=O)NCc1ccc(F)cc1F. The molecule has 0 aliphatic carbocycles. The average Bonchev–Trinajstić information content (AvgIpc) is 3.47. The minimum absolute atomic E-state index is 0.0103. The van der Waals surface area contributed by atoms with Gasteiger partial charge >= 0.3 is 12.7 Å². The van der Waals surface area contributed by atoms with E-state index in [4.69, 9.17) is 24.4 Å². The molecular weight excluding hydrogens is 620 g/mol. The van der Waals surface area contributed by atoms with Crippen molar-refractivity contribution in [3.63, 3.8) is 0 Å². The van der Waals surface area contributed by atoms with Crippen molar-refractivity contribution >= 4 is 17.9 Å². The fourth-order valence-corrected chi connectivity index (χ4v) is 4.52. The van der Waals surface area contributed by atoms with Crippen LogP contribution in [0.1, 0.15) is 54.1 Å². The van der Waals surface area contributed by atoms with Crippen LogP contribution in [0.5, 0.6) is 11.5 Å². The van der Waals surface area contributed by atoms with Crippen molar-refractivity contribution in [3.8, 4) is 23.0 Å². The second-order valence-electron chi connectivity index (χ2n) is 10.1. The van der Waals surface area contributed by atoms with E-state index in [1.165, 1.54) is 25.1 Å². The number of halogens is 4. The van der Waals surface area contributed by atoms with E-state index < -0.39 is 36.4 Å². The molecule has 4 rings (SSSR count). The van der Waals surface area contributed by atoms with Crippen LogP contribution in [0.3, 0.4) is 0 Å². The maximum Gasteiger partial charge on any atom is 0.405 e. The molecule has 0 saturated carbocycles. The standard InChI is InChI=1S/C30H32F4N4O8/c1-17(44-30(35)41)26-25(27(40)36-16-19-5-7-20(31)15-21(19)32)37-28(46-26)18-6-8-22(45-29(33)34)23(14-18)43-11-3-2-4-24(39)38-9-12-42-13-10-38/h5-8,14-15,17,29H,2-4,9-13,16H2,1H3,(H2,35,41)(H,36,40). The predicted octanol–water partition coefficient (Wildman–Crippen LogP) is 4.72. The molecule has 12 nitrogen and oxygen atoms in total. The Morgan fingerprint density at radius 3 is 2.52 bits per heavy atom. The molecule has 248 valence electrons. The number of carbonyl (C=O) groups is 3. The Morgan fingerprint density at radius 1 is 1.07 bits per heavy atom. The zero-order valence-electron chi connectivity index (χ0n) is 24.7. The highest BCUT2D eigenvalue weighted by Gasteiger charge is 2.28. The number of unbranched alkanes of at least 4 members (excludes halogenated alkanes) is 1. The zero-order valence-corrected chi connectivity index (χ0v) is 24.7. The van der Waals surface area contributed by atoms with Gasteiger partial charge in [-0.3, -0.25) is 9.59 Å². The minimum atomic E-state index is -3.15. The number of aromatic nitrogens is 1. The van der Waals surface area contributed by atoms with Crippen molar-refractivity contribution in [1.82, 2.24) is 15.2 Å². The number of rotatable bonds is 14. The number of benzene rings is 2. The predicted molar refractivity (Wildman–Crippen MR) is 152 cm³/mol. The summed E-state index contributed by atoms with van der Waals surface area (Å²) in [5, 5.41) is 2.44. The van der Waals surface area contributed by atoms with Gasteiger partial charge in [0.05, 0.1) is 19.8 Å². The van der Waals surface area contributed by atoms with Crippen LogP contribution in [-0.4, -0.2) is 67.3 Å². The zero-order chi connectivity index (χ0) is 33.2. The summed E-state index contributed by atoms with van der Waals surface area (Å²) in [5.74, 6) is -3.30. The van der Waals surface area contributed by atoms with Crippen molar-refractivity contribution < 1.29 is 55.3 Å². The molecule has 0 spiro atoms. The third-order valence-electron chi connectivity index (χ3n) is 6.80. The monoisotopic (exact) mass is 652 g/mol. The summed E-state index contributed by atoms with van der Waals surface area (Å²) in [5.41, 5.74) is 4.95. The third-order valence-corrected chi connectivity index (χ3v) is 6.80. The Hall–Kier alpha value is -4.86. The number of carbonyl (C=O) groups excluding carboxylic acids is 3. The number of nitrogens with zero attached hydrogens (tertiary/aromatic N) is 2. The first-order valence-electron chi connectivity index (χ1n) is 14.3. The van der Waals surface area contributed by atoms with Crippen LogP contribution in [0.2, 0.25) is 0 Å². The lowest BCUT2D eigenvalue weighted by Crippen LogP contribution is -2.40. The van der Waals surface area contributed by atoms with Crippen molar-refractivity contribution in [3.05, 3.63) is 65.1 Å². The highest BCUT2D eigenvalue weighted by molar-refractivity contribution is 5.94. The number of nitrogens with one attached hydrogen (secondary N) is 1. The van der Waals surface area contributed by atoms with Gasteiger partial charge in [-0.2, -0.15) is 8.78 Å². The van der Waals surface area contributed by atoms with E-state index in [9.17, 15) is 31.9 Å². The highest BCUT2D eigenvalue weighted by atomic mass is 19.3. The molecule has 3 aromatic rings. The molecule has 3 N–H and O–H groups in total. The lowest BCUT2D eigenvalue weighted by Gasteiger charge is -2.26. The van der Waals surface area contributed by atoms with Gasteiger partial charge in [0.25, 0.3) is 5.91 Å². The summed E-state index contributed by atoms with van der Waals surface area (Å²) < 4.78 is 79.8. The maximum absolute atomic E-state index is 14.1. The summed E-state index contributed by atoms with van der Waals surface area (Å²) in [6.45, 7) is -0.0252. The number of ether oxygens (including phenoxy) is 4. The number of amides is 3. The fourth-order valence-electron chi connectivity index (χ4n) is 4.52. The molecule has 1 unspecified atom stereocenters. The van der Waals surface area contributed by atoms with E-state index in [1.54, 1.807) is 4.90 Å². The van der Waals surface area contributed by atoms with E-state index in [1.807, 2.05) is 0 Å². The van der Waals surface area contributed by atoms with Gasteiger partial charge < -0.3 is 39.3 Å². The largest absolute Gasteiger partial charge is 0.490 e. The molecule has 2 heterocycles. The first-order valence-corrected chi connectivity index (χ1v) is 14.3. The number of alkyl halides is 2. The third kappa shape index (κ3) is 9.32. The summed E-state index contributed by atoms with van der Waals surface area (Å²) in [7, 11) is 0. The van der Waals surface area contributed by atoms with Gasteiger partial charge in [-0.05, 0) is 44.0 Å². The van der Waals surface area contributed by atoms with Crippen LogP contribution < -0.4 is 20.5 Å². The first-order chi connectivity index (χ1) is 22.0. The Balaban J connectivity index is 1.51. The van der Waals surface area contributed by atoms with Crippen molar-refractivity contribution in [2.45, 2.75) is 45.4 Å². The molecule has 3 amide bonds. The summed E-state index contributed by atoms with van der Waals surface area (Å²) >= 11 is 0. The number of morpholine rings is 1. The van der Waals surface area contributed by atoms with Crippen molar-refractivity contribution in [2.24, 2.45) is 5.73 Å². The molecule has 16 heteroatoms. The molecule has 1 aromatic heterocycles. The Labute approximate surface area is 260 Å². The maximum atomic E-state index is 14.1. The van der Waals surface area contributed by atoms with Gasteiger partial charge in [-0.15, -0.1) is 0 Å². The van der Waals surface area contributed by atoms with Gasteiger partial charge in [-0.1, -0.05) is 6.07 Å². The summed E-state index contributed by atoms with van der Waals surface area (Å²) in [6, 6.07) is 6.68. The molecule has 1 aliphatic heterocycles. The average molecular weight is 653 g/mol. The highest BCUT2D eigenvalue weighted by Crippen LogP contribution is 2.35. The van der Waals surface area contributed by atoms with Gasteiger partial charge in [0.2, 0.25) is 11.8 Å².